The van der Waals surface area contributed by atoms with E-state index in [1.54, 1.807) is 18.2 Å². The van der Waals surface area contributed by atoms with Gasteiger partial charge in [-0.1, -0.05) is 120 Å². The van der Waals surface area contributed by atoms with Crippen LogP contribution in [0.1, 0.15) is 42.4 Å². The van der Waals surface area contributed by atoms with E-state index in [4.69, 9.17) is 43.2 Å². The Morgan fingerprint density at radius 1 is 0.587 bits per heavy atom. The zero-order chi connectivity index (χ0) is 43.2. The second-order valence-electron chi connectivity index (χ2n) is 14.8. The van der Waals surface area contributed by atoms with Crippen LogP contribution in [0.25, 0.3) is 53.3 Å². The molecule has 10 rings (SSSR count). The Morgan fingerprint density at radius 3 is 1.71 bits per heavy atom. The molecule has 63 heavy (non-hydrogen) atoms. The molecule has 306 valence electrons. The molecule has 6 aromatic carbocycles. The number of hydrogen-bond donors (Lipinski definition) is 3. The summed E-state index contributed by atoms with van der Waals surface area (Å²) in [5.74, 6) is 0.771. The summed E-state index contributed by atoms with van der Waals surface area (Å²) in [5, 5.41) is 8.76. The van der Waals surface area contributed by atoms with Gasteiger partial charge in [0.2, 0.25) is 0 Å². The summed E-state index contributed by atoms with van der Waals surface area (Å²) >= 11 is 15.8. The number of benzene rings is 6. The summed E-state index contributed by atoms with van der Waals surface area (Å²) in [5.41, 5.74) is 8.38. The number of thiazole rings is 2. The Balaban J connectivity index is 1.24. The molecule has 9 nitrogen and oxygen atoms in total. The number of halogens is 2. The van der Waals surface area contributed by atoms with Gasteiger partial charge in [-0.15, -0.1) is 22.7 Å². The highest BCUT2D eigenvalue weighted by atomic mass is 35.5. The molecule has 0 aliphatic carbocycles. The highest BCUT2D eigenvalue weighted by Gasteiger charge is 2.33. The molecule has 2 amide bonds. The molecule has 0 saturated carbocycles. The van der Waals surface area contributed by atoms with Gasteiger partial charge < -0.3 is 15.6 Å². The summed E-state index contributed by atoms with van der Waals surface area (Å²) in [6.07, 6.45) is 0. The summed E-state index contributed by atoms with van der Waals surface area (Å²) in [4.78, 5) is 52.5. The van der Waals surface area contributed by atoms with Crippen LogP contribution in [-0.4, -0.2) is 38.4 Å². The number of rotatable bonds is 8. The number of H-pyrrole nitrogens is 1. The number of amidine groups is 2. The van der Waals surface area contributed by atoms with Gasteiger partial charge in [0.05, 0.1) is 31.6 Å². The van der Waals surface area contributed by atoms with E-state index in [2.05, 4.69) is 15.6 Å². The minimum absolute atomic E-state index is 0.287. The fourth-order valence-corrected chi connectivity index (χ4v) is 10.2. The summed E-state index contributed by atoms with van der Waals surface area (Å²) in [6, 6.07) is 45.6. The molecule has 0 radical (unpaired) electrons. The van der Waals surface area contributed by atoms with Crippen LogP contribution in [0.15, 0.2) is 156 Å². The number of carbonyl (C=O) groups is 2. The Kier molecular flexibility index (Phi) is 10.6. The van der Waals surface area contributed by atoms with Crippen LogP contribution in [0.5, 0.6) is 0 Å². The summed E-state index contributed by atoms with van der Waals surface area (Å²) in [7, 11) is 0. The number of aryl methyl sites for hydroxylation is 2. The second-order valence-corrected chi connectivity index (χ2v) is 17.7. The van der Waals surface area contributed by atoms with Crippen molar-refractivity contribution >= 4 is 113 Å². The van der Waals surface area contributed by atoms with Crippen molar-refractivity contribution in [3.8, 4) is 21.7 Å². The number of carbonyl (C=O) groups excluding carboxylic acids is 2. The largest absolute Gasteiger partial charge is 0.325 e. The van der Waals surface area contributed by atoms with Gasteiger partial charge in [-0.2, -0.15) is 0 Å². The first kappa shape index (κ1) is 40.1. The van der Waals surface area contributed by atoms with Crippen LogP contribution in [0.2, 0.25) is 10.0 Å². The maximum Gasteiger partial charge on any atom is 0.257 e. The van der Waals surface area contributed by atoms with Crippen molar-refractivity contribution in [2.24, 2.45) is 9.98 Å². The lowest BCUT2D eigenvalue weighted by Gasteiger charge is -2.10. The predicted octanol–water partition coefficient (Wildman–Crippen LogP) is 13.2. The van der Waals surface area contributed by atoms with Crippen LogP contribution < -0.4 is 10.6 Å². The van der Waals surface area contributed by atoms with Crippen LogP contribution in [0.3, 0.4) is 0 Å². The van der Waals surface area contributed by atoms with Gasteiger partial charge >= 0.3 is 0 Å². The highest BCUT2D eigenvalue weighted by Crippen LogP contribution is 2.48. The Bertz CT molecular complexity index is 3390. The third kappa shape index (κ3) is 7.76. The Hall–Kier alpha value is -7.02. The molecule has 0 spiro atoms. The number of nitrogens with one attached hydrogen (secondary N) is 3. The van der Waals surface area contributed by atoms with Crippen molar-refractivity contribution in [2.75, 3.05) is 5.32 Å². The molecule has 3 aromatic heterocycles. The first-order valence-corrected chi connectivity index (χ1v) is 22.2. The van der Waals surface area contributed by atoms with E-state index in [0.717, 1.165) is 42.7 Å². The molecule has 4 heterocycles. The van der Waals surface area contributed by atoms with Crippen molar-refractivity contribution in [3.63, 3.8) is 0 Å². The summed E-state index contributed by atoms with van der Waals surface area (Å²) < 4.78 is 1.76. The fourth-order valence-electron chi connectivity index (χ4n) is 7.60. The van der Waals surface area contributed by atoms with E-state index in [1.165, 1.54) is 22.7 Å². The van der Waals surface area contributed by atoms with Gasteiger partial charge in [0, 0.05) is 32.3 Å². The molecule has 0 saturated heterocycles. The van der Waals surface area contributed by atoms with Gasteiger partial charge in [0.1, 0.15) is 27.5 Å². The molecule has 0 bridgehead atoms. The lowest BCUT2D eigenvalue weighted by atomic mass is 9.99. The van der Waals surface area contributed by atoms with E-state index < -0.39 is 0 Å². The van der Waals surface area contributed by atoms with Gasteiger partial charge in [0.25, 0.3) is 11.8 Å². The number of aromatic amines is 1. The minimum Gasteiger partial charge on any atom is -0.325 e. The van der Waals surface area contributed by atoms with Gasteiger partial charge in [0.15, 0.2) is 5.84 Å². The molecule has 0 unspecified atom stereocenters. The number of aliphatic imine (C=N–C) groups is 2. The third-order valence-corrected chi connectivity index (χ3v) is 13.2. The average Bonchev–Trinajstić information content (AvgIpc) is 4.07. The predicted molar refractivity (Wildman–Crippen MR) is 260 cm³/mol. The molecule has 1 aliphatic heterocycles. The maximum absolute atomic E-state index is 14.2. The Labute approximate surface area is 379 Å². The zero-order valence-corrected chi connectivity index (χ0v) is 36.7. The quantitative estimate of drug-likeness (QED) is 0.140. The lowest BCUT2D eigenvalue weighted by molar-refractivity contribution is 0.0975. The van der Waals surface area contributed by atoms with E-state index >= 15 is 0 Å². The third-order valence-electron chi connectivity index (χ3n) is 10.6. The molecular formula is C50H33Cl2N7O2S2. The smallest absolute Gasteiger partial charge is 0.257 e. The van der Waals surface area contributed by atoms with Crippen LogP contribution in [0.4, 0.5) is 11.6 Å². The van der Waals surface area contributed by atoms with Crippen LogP contribution in [0, 0.1) is 13.8 Å². The first-order chi connectivity index (χ1) is 30.7. The molecule has 13 heteroatoms. The van der Waals surface area contributed by atoms with E-state index in [0.29, 0.717) is 70.9 Å². The average molecular weight is 899 g/mol. The lowest BCUT2D eigenvalue weighted by Crippen LogP contribution is -2.31. The molecule has 0 atom stereocenters. The van der Waals surface area contributed by atoms with E-state index in [-0.39, 0.29) is 17.6 Å². The van der Waals surface area contributed by atoms with Gasteiger partial charge in [-0.05, 0) is 84.6 Å². The van der Waals surface area contributed by atoms with Crippen LogP contribution >= 0.6 is 45.9 Å². The number of aromatic nitrogens is 3. The summed E-state index contributed by atoms with van der Waals surface area (Å²) in [6.45, 7) is 3.79. The number of amides is 2. The van der Waals surface area contributed by atoms with Crippen LogP contribution in [-0.2, 0) is 0 Å². The van der Waals surface area contributed by atoms with E-state index in [9.17, 15) is 9.59 Å². The Morgan fingerprint density at radius 2 is 1.11 bits per heavy atom. The van der Waals surface area contributed by atoms with Crippen molar-refractivity contribution in [1.29, 1.82) is 0 Å². The maximum atomic E-state index is 14.2. The SMILES string of the molecule is Cc1ccccc1C(=O)NC1=NC(=Nc2[nH]c(NC(=O)c3ccccc3C)c(-c3nc4ccc(Cl)cc4s3)c2-c2ccccc2)C(c2ccccc2)=C1c1nc2ccc(Cl)cc2s1. The number of nitrogens with zero attached hydrogens (tertiary/aromatic N) is 4. The molecular weight excluding hydrogens is 866 g/mol. The molecule has 3 N–H and O–H groups in total. The van der Waals surface area contributed by atoms with Crippen molar-refractivity contribution in [2.45, 2.75) is 13.8 Å². The van der Waals surface area contributed by atoms with Gasteiger partial charge in [-0.3, -0.25) is 9.59 Å². The number of hydrogen-bond acceptors (Lipinski definition) is 7. The molecule has 0 fully saturated rings. The first-order valence-electron chi connectivity index (χ1n) is 19.8. The van der Waals surface area contributed by atoms with Crippen molar-refractivity contribution in [3.05, 3.63) is 188 Å². The van der Waals surface area contributed by atoms with Gasteiger partial charge in [-0.25, -0.2) is 20.0 Å². The minimum atomic E-state index is -0.327. The molecule has 9 aromatic rings. The van der Waals surface area contributed by atoms with Crippen molar-refractivity contribution < 1.29 is 9.59 Å². The number of fused-ring (bicyclic) bond motifs is 2. The monoisotopic (exact) mass is 897 g/mol. The zero-order valence-electron chi connectivity index (χ0n) is 33.5. The highest BCUT2D eigenvalue weighted by molar-refractivity contribution is 7.22. The topological polar surface area (TPSA) is 124 Å². The molecule has 1 aliphatic rings. The van der Waals surface area contributed by atoms with E-state index in [1.807, 2.05) is 141 Å². The number of anilines is 1. The normalized spacial score (nSPS) is 13.3. The second kappa shape index (κ2) is 16.7. The fraction of sp³-hybridized carbons (Fsp3) is 0.0400. The van der Waals surface area contributed by atoms with Crippen molar-refractivity contribution in [1.82, 2.24) is 20.3 Å². The standard InChI is InChI=1S/C50H33Cl2N7O2S2/c1-27-13-9-11-19-33(27)47(60)58-45-41(49-53-35-23-21-31(51)25-37(35)62-49)39(29-15-5-3-6-16-29)43(56-45)55-44-40(30-17-7-4-8-18-30)42(50-54-36-24-22-32(52)26-38(36)63-50)46(57-44)59-48(61)34-20-12-10-14-28(34)2/h3-26,56H,1-2H3,(H,58,60)(H,55,57,59,61).